The Morgan fingerprint density at radius 3 is 2.82 bits per heavy atom. The summed E-state index contributed by atoms with van der Waals surface area (Å²) in [4.78, 5) is 0. The second-order valence-electron chi connectivity index (χ2n) is 4.95. The van der Waals surface area contributed by atoms with Crippen molar-refractivity contribution in [3.05, 3.63) is 28.2 Å². The lowest BCUT2D eigenvalue weighted by atomic mass is 10.1. The third-order valence-corrected chi connectivity index (χ3v) is 4.05. The van der Waals surface area contributed by atoms with Crippen LogP contribution in [0.15, 0.2) is 22.7 Å². The predicted octanol–water partition coefficient (Wildman–Crippen LogP) is 3.82. The Bertz CT molecular complexity index is 376. The van der Waals surface area contributed by atoms with E-state index in [1.807, 2.05) is 12.1 Å². The Labute approximate surface area is 112 Å². The van der Waals surface area contributed by atoms with Gasteiger partial charge in [0, 0.05) is 12.6 Å². The van der Waals surface area contributed by atoms with Crippen LogP contribution < -0.4 is 5.32 Å². The zero-order valence-corrected chi connectivity index (χ0v) is 11.8. The molecule has 0 radical (unpaired) electrons. The van der Waals surface area contributed by atoms with Crippen LogP contribution in [-0.2, 0) is 6.54 Å². The van der Waals surface area contributed by atoms with Crippen LogP contribution in [0.1, 0.15) is 38.2 Å². The SMILES string of the molecule is CCC(CC1CC1)NCc1ccc(O)c(Br)c1. The number of nitrogens with one attached hydrogen (secondary N) is 1. The Hall–Kier alpha value is -0.540. The van der Waals surface area contributed by atoms with E-state index in [9.17, 15) is 5.11 Å². The maximum atomic E-state index is 9.43. The fraction of sp³-hybridized carbons (Fsp3) is 0.571. The van der Waals surface area contributed by atoms with E-state index in [0.717, 1.165) is 16.9 Å². The largest absolute Gasteiger partial charge is 0.507 e. The van der Waals surface area contributed by atoms with Gasteiger partial charge in [0.1, 0.15) is 5.75 Å². The average molecular weight is 298 g/mol. The lowest BCUT2D eigenvalue weighted by molar-refractivity contribution is 0.444. The quantitative estimate of drug-likeness (QED) is 0.836. The molecule has 1 aliphatic carbocycles. The molecule has 0 bridgehead atoms. The van der Waals surface area contributed by atoms with Gasteiger partial charge in [-0.1, -0.05) is 25.8 Å². The molecule has 1 aliphatic rings. The molecule has 0 saturated heterocycles. The first-order chi connectivity index (χ1) is 8.19. The predicted molar refractivity (Wildman–Crippen MR) is 74.1 cm³/mol. The molecule has 1 atom stereocenters. The van der Waals surface area contributed by atoms with Crippen molar-refractivity contribution in [3.8, 4) is 5.75 Å². The molecule has 17 heavy (non-hydrogen) atoms. The van der Waals surface area contributed by atoms with Gasteiger partial charge in [0.25, 0.3) is 0 Å². The molecule has 1 unspecified atom stereocenters. The van der Waals surface area contributed by atoms with Crippen molar-refractivity contribution in [2.45, 2.75) is 45.2 Å². The van der Waals surface area contributed by atoms with Gasteiger partial charge in [-0.3, -0.25) is 0 Å². The summed E-state index contributed by atoms with van der Waals surface area (Å²) in [6, 6.07) is 6.32. The molecular formula is C14H20BrNO. The zero-order chi connectivity index (χ0) is 12.3. The summed E-state index contributed by atoms with van der Waals surface area (Å²) >= 11 is 3.34. The standard InChI is InChI=1S/C14H20BrNO/c1-2-12(7-10-3-4-10)16-9-11-5-6-14(17)13(15)8-11/h5-6,8,10,12,16-17H,2-4,7,9H2,1H3. The molecule has 1 fully saturated rings. The van der Waals surface area contributed by atoms with Crippen LogP contribution >= 0.6 is 15.9 Å². The Morgan fingerprint density at radius 1 is 1.47 bits per heavy atom. The van der Waals surface area contributed by atoms with Crippen molar-refractivity contribution in [2.75, 3.05) is 0 Å². The monoisotopic (exact) mass is 297 g/mol. The van der Waals surface area contributed by atoms with E-state index >= 15 is 0 Å². The topological polar surface area (TPSA) is 32.3 Å². The van der Waals surface area contributed by atoms with E-state index in [1.54, 1.807) is 6.07 Å². The van der Waals surface area contributed by atoms with Gasteiger partial charge in [0.2, 0.25) is 0 Å². The van der Waals surface area contributed by atoms with Crippen LogP contribution in [0, 0.1) is 5.92 Å². The summed E-state index contributed by atoms with van der Waals surface area (Å²) in [6.07, 6.45) is 5.34. The van der Waals surface area contributed by atoms with Crippen molar-refractivity contribution in [2.24, 2.45) is 5.92 Å². The minimum absolute atomic E-state index is 0.304. The number of hydrogen-bond donors (Lipinski definition) is 2. The van der Waals surface area contributed by atoms with Crippen LogP contribution in [0.3, 0.4) is 0 Å². The fourth-order valence-electron chi connectivity index (χ4n) is 2.07. The molecule has 0 aliphatic heterocycles. The Kier molecular flexibility index (Phi) is 4.46. The van der Waals surface area contributed by atoms with Gasteiger partial charge in [0.05, 0.1) is 4.47 Å². The highest BCUT2D eigenvalue weighted by atomic mass is 79.9. The Morgan fingerprint density at radius 2 is 2.24 bits per heavy atom. The van der Waals surface area contributed by atoms with E-state index < -0.39 is 0 Å². The maximum absolute atomic E-state index is 9.43. The van der Waals surface area contributed by atoms with Gasteiger partial charge in [-0.2, -0.15) is 0 Å². The van der Waals surface area contributed by atoms with Gasteiger partial charge >= 0.3 is 0 Å². The molecule has 2 rings (SSSR count). The minimum atomic E-state index is 0.304. The van der Waals surface area contributed by atoms with Gasteiger partial charge < -0.3 is 10.4 Å². The molecule has 1 aromatic rings. The molecule has 0 heterocycles. The third kappa shape index (κ3) is 4.00. The summed E-state index contributed by atoms with van der Waals surface area (Å²) < 4.78 is 0.770. The molecule has 0 amide bonds. The molecule has 3 heteroatoms. The highest BCUT2D eigenvalue weighted by Crippen LogP contribution is 2.34. The van der Waals surface area contributed by atoms with Crippen molar-refractivity contribution >= 4 is 15.9 Å². The minimum Gasteiger partial charge on any atom is -0.507 e. The highest BCUT2D eigenvalue weighted by molar-refractivity contribution is 9.10. The fourth-order valence-corrected chi connectivity index (χ4v) is 2.50. The molecule has 0 spiro atoms. The van der Waals surface area contributed by atoms with E-state index in [-0.39, 0.29) is 0 Å². The Balaban J connectivity index is 1.84. The van der Waals surface area contributed by atoms with Crippen LogP contribution in [0.5, 0.6) is 5.75 Å². The molecule has 1 saturated carbocycles. The number of benzene rings is 1. The van der Waals surface area contributed by atoms with Gasteiger partial charge in [-0.25, -0.2) is 0 Å². The molecule has 2 N–H and O–H groups in total. The summed E-state index contributed by atoms with van der Waals surface area (Å²) in [5.41, 5.74) is 1.21. The summed E-state index contributed by atoms with van der Waals surface area (Å²) in [7, 11) is 0. The summed E-state index contributed by atoms with van der Waals surface area (Å²) in [5.74, 6) is 1.28. The lowest BCUT2D eigenvalue weighted by Gasteiger charge is -2.16. The maximum Gasteiger partial charge on any atom is 0.129 e. The zero-order valence-electron chi connectivity index (χ0n) is 10.2. The number of hydrogen-bond acceptors (Lipinski definition) is 2. The highest BCUT2D eigenvalue weighted by Gasteiger charge is 2.24. The van der Waals surface area contributed by atoms with Crippen molar-refractivity contribution < 1.29 is 5.11 Å². The molecule has 94 valence electrons. The van der Waals surface area contributed by atoms with E-state index in [1.165, 1.54) is 31.2 Å². The van der Waals surface area contributed by atoms with Gasteiger partial charge in [-0.05, 0) is 52.4 Å². The van der Waals surface area contributed by atoms with E-state index in [4.69, 9.17) is 0 Å². The van der Waals surface area contributed by atoms with Crippen molar-refractivity contribution in [1.29, 1.82) is 0 Å². The third-order valence-electron chi connectivity index (χ3n) is 3.41. The van der Waals surface area contributed by atoms with Crippen LogP contribution in [-0.4, -0.2) is 11.1 Å². The van der Waals surface area contributed by atoms with Crippen LogP contribution in [0.25, 0.3) is 0 Å². The average Bonchev–Trinajstić information content (AvgIpc) is 3.12. The van der Waals surface area contributed by atoms with E-state index in [0.29, 0.717) is 11.8 Å². The normalized spacial score (nSPS) is 17.1. The van der Waals surface area contributed by atoms with Gasteiger partial charge in [-0.15, -0.1) is 0 Å². The van der Waals surface area contributed by atoms with Gasteiger partial charge in [0.15, 0.2) is 0 Å². The van der Waals surface area contributed by atoms with Crippen LogP contribution in [0.2, 0.25) is 0 Å². The first kappa shape index (κ1) is 12.9. The van der Waals surface area contributed by atoms with Crippen molar-refractivity contribution in [3.63, 3.8) is 0 Å². The lowest BCUT2D eigenvalue weighted by Crippen LogP contribution is -2.28. The van der Waals surface area contributed by atoms with Crippen molar-refractivity contribution in [1.82, 2.24) is 5.32 Å². The molecule has 2 nitrogen and oxygen atoms in total. The number of phenolic OH excluding ortho intramolecular Hbond substituents is 1. The smallest absolute Gasteiger partial charge is 0.129 e. The number of halogens is 1. The molecule has 1 aromatic carbocycles. The summed E-state index contributed by atoms with van der Waals surface area (Å²) in [6.45, 7) is 3.12. The second kappa shape index (κ2) is 5.87. The van der Waals surface area contributed by atoms with Crippen LogP contribution in [0.4, 0.5) is 0 Å². The number of rotatable bonds is 6. The molecule has 0 aromatic heterocycles. The molecular weight excluding hydrogens is 278 g/mol. The first-order valence-electron chi connectivity index (χ1n) is 6.39. The number of aromatic hydroxyl groups is 1. The van der Waals surface area contributed by atoms with E-state index in [2.05, 4.69) is 28.2 Å². The second-order valence-corrected chi connectivity index (χ2v) is 5.81. The number of phenols is 1. The first-order valence-corrected chi connectivity index (χ1v) is 7.19. The summed E-state index contributed by atoms with van der Waals surface area (Å²) in [5, 5.41) is 13.0.